The Morgan fingerprint density at radius 2 is 2.16 bits per heavy atom. The second-order valence-corrected chi connectivity index (χ2v) is 6.64. The van der Waals surface area contributed by atoms with Gasteiger partial charge in [-0.15, -0.1) is 24.8 Å². The third kappa shape index (κ3) is 5.33. The van der Waals surface area contributed by atoms with E-state index in [1.165, 1.54) is 12.8 Å². The van der Waals surface area contributed by atoms with Gasteiger partial charge in [0.1, 0.15) is 5.82 Å². The van der Waals surface area contributed by atoms with Gasteiger partial charge in [-0.05, 0) is 49.9 Å². The van der Waals surface area contributed by atoms with Crippen LogP contribution in [0.25, 0.3) is 11.0 Å². The monoisotopic (exact) mass is 386 g/mol. The van der Waals surface area contributed by atoms with Crippen molar-refractivity contribution in [2.45, 2.75) is 32.7 Å². The maximum absolute atomic E-state index is 12.2. The van der Waals surface area contributed by atoms with Gasteiger partial charge in [0.25, 0.3) is 0 Å². The van der Waals surface area contributed by atoms with Gasteiger partial charge >= 0.3 is 0 Å². The molecule has 0 radical (unpaired) electrons. The number of aryl methyl sites for hydroxylation is 1. The van der Waals surface area contributed by atoms with Crippen LogP contribution in [0.4, 0.5) is 0 Å². The summed E-state index contributed by atoms with van der Waals surface area (Å²) in [6.07, 6.45) is 3.04. The number of nitrogens with zero attached hydrogens (tertiary/aromatic N) is 2. The van der Waals surface area contributed by atoms with E-state index in [0.717, 1.165) is 29.9 Å². The fourth-order valence-electron chi connectivity index (χ4n) is 3.43. The van der Waals surface area contributed by atoms with Crippen LogP contribution in [-0.4, -0.2) is 28.5 Å². The first-order valence-corrected chi connectivity index (χ1v) is 8.53. The zero-order valence-electron chi connectivity index (χ0n) is 14.8. The maximum atomic E-state index is 12.2. The van der Waals surface area contributed by atoms with Crippen LogP contribution in [0.15, 0.2) is 24.3 Å². The Hall–Kier alpha value is -1.30. The Labute approximate surface area is 161 Å². The highest BCUT2D eigenvalue weighted by atomic mass is 35.5. The molecule has 2 N–H and O–H groups in total. The average Bonchev–Trinajstić information content (AvgIpc) is 2.90. The van der Waals surface area contributed by atoms with Gasteiger partial charge in [-0.2, -0.15) is 0 Å². The Bertz CT molecular complexity index is 683. The number of rotatable bonds is 5. The van der Waals surface area contributed by atoms with E-state index in [4.69, 9.17) is 0 Å². The third-order valence-corrected chi connectivity index (χ3v) is 4.97. The van der Waals surface area contributed by atoms with Gasteiger partial charge in [-0.1, -0.05) is 19.1 Å². The number of hydrogen-bond donors (Lipinski definition) is 2. The summed E-state index contributed by atoms with van der Waals surface area (Å²) in [7, 11) is 1.99. The Morgan fingerprint density at radius 3 is 2.84 bits per heavy atom. The predicted molar refractivity (Wildman–Crippen MR) is 106 cm³/mol. The number of nitrogens with one attached hydrogen (secondary N) is 2. The molecule has 1 fully saturated rings. The smallest absolute Gasteiger partial charge is 0.220 e. The van der Waals surface area contributed by atoms with Crippen LogP contribution < -0.4 is 10.6 Å². The van der Waals surface area contributed by atoms with E-state index in [1.807, 2.05) is 35.9 Å². The molecule has 0 spiro atoms. The van der Waals surface area contributed by atoms with Crippen molar-refractivity contribution in [2.24, 2.45) is 18.9 Å². The van der Waals surface area contributed by atoms with E-state index in [0.29, 0.717) is 24.8 Å². The van der Waals surface area contributed by atoms with Crippen molar-refractivity contribution in [3.8, 4) is 0 Å². The molecule has 0 saturated carbocycles. The number of amides is 1. The molecule has 1 saturated heterocycles. The third-order valence-electron chi connectivity index (χ3n) is 4.97. The average molecular weight is 387 g/mol. The van der Waals surface area contributed by atoms with Crippen molar-refractivity contribution in [3.05, 3.63) is 30.1 Å². The summed E-state index contributed by atoms with van der Waals surface area (Å²) in [5.41, 5.74) is 2.07. The van der Waals surface area contributed by atoms with Gasteiger partial charge in [0.15, 0.2) is 0 Å². The molecule has 3 rings (SSSR count). The van der Waals surface area contributed by atoms with Crippen LogP contribution in [0.5, 0.6) is 0 Å². The molecule has 7 heteroatoms. The minimum atomic E-state index is 0. The molecule has 2 heterocycles. The highest BCUT2D eigenvalue weighted by molar-refractivity contribution is 5.85. The van der Waals surface area contributed by atoms with Crippen LogP contribution in [0.1, 0.15) is 32.0 Å². The molecule has 0 bridgehead atoms. The molecule has 25 heavy (non-hydrogen) atoms. The Morgan fingerprint density at radius 1 is 1.40 bits per heavy atom. The van der Waals surface area contributed by atoms with Crippen molar-refractivity contribution in [2.75, 3.05) is 13.1 Å². The summed E-state index contributed by atoms with van der Waals surface area (Å²) >= 11 is 0. The highest BCUT2D eigenvalue weighted by Gasteiger charge is 2.22. The number of fused-ring (bicyclic) bond motifs is 1. The quantitative estimate of drug-likeness (QED) is 0.829. The van der Waals surface area contributed by atoms with Gasteiger partial charge in [0, 0.05) is 13.5 Å². The lowest BCUT2D eigenvalue weighted by atomic mass is 9.85. The van der Waals surface area contributed by atoms with Crippen molar-refractivity contribution in [1.82, 2.24) is 20.2 Å². The summed E-state index contributed by atoms with van der Waals surface area (Å²) in [5, 5.41) is 6.45. The number of halogens is 2. The Kier molecular flexibility index (Phi) is 8.69. The second kappa shape index (κ2) is 10.00. The van der Waals surface area contributed by atoms with Crippen molar-refractivity contribution < 1.29 is 4.79 Å². The van der Waals surface area contributed by atoms with Crippen LogP contribution >= 0.6 is 24.8 Å². The van der Waals surface area contributed by atoms with Crippen molar-refractivity contribution in [1.29, 1.82) is 0 Å². The molecule has 2 unspecified atom stereocenters. The summed E-state index contributed by atoms with van der Waals surface area (Å²) in [4.78, 5) is 16.8. The SMILES string of the molecule is CC(CC(=O)NCc1nc2ccccc2n1C)C1CCCNC1.Cl.Cl. The van der Waals surface area contributed by atoms with E-state index < -0.39 is 0 Å². The van der Waals surface area contributed by atoms with Crippen molar-refractivity contribution in [3.63, 3.8) is 0 Å². The number of carbonyl (C=O) groups is 1. The summed E-state index contributed by atoms with van der Waals surface area (Å²) in [6.45, 7) is 4.83. The molecular formula is C18H28Cl2N4O. The fourth-order valence-corrected chi connectivity index (χ4v) is 3.43. The molecule has 5 nitrogen and oxygen atoms in total. The second-order valence-electron chi connectivity index (χ2n) is 6.64. The first kappa shape index (κ1) is 21.7. The largest absolute Gasteiger partial charge is 0.349 e. The van der Waals surface area contributed by atoms with Gasteiger partial charge < -0.3 is 15.2 Å². The fraction of sp³-hybridized carbons (Fsp3) is 0.556. The summed E-state index contributed by atoms with van der Waals surface area (Å²) in [6, 6.07) is 8.04. The number of imidazole rings is 1. The molecule has 1 aliphatic heterocycles. The number of carbonyl (C=O) groups excluding carboxylic acids is 1. The Balaban J connectivity index is 0.00000156. The summed E-state index contributed by atoms with van der Waals surface area (Å²) in [5.74, 6) is 2.05. The van der Waals surface area contributed by atoms with E-state index in [-0.39, 0.29) is 30.7 Å². The van der Waals surface area contributed by atoms with Crippen LogP contribution in [0, 0.1) is 11.8 Å². The lowest BCUT2D eigenvalue weighted by Gasteiger charge is -2.28. The lowest BCUT2D eigenvalue weighted by molar-refractivity contribution is -0.122. The van der Waals surface area contributed by atoms with Gasteiger partial charge in [0.2, 0.25) is 5.91 Å². The molecule has 2 atom stereocenters. The number of piperidine rings is 1. The van der Waals surface area contributed by atoms with Gasteiger partial charge in [-0.25, -0.2) is 4.98 Å². The van der Waals surface area contributed by atoms with Crippen molar-refractivity contribution >= 4 is 41.8 Å². The van der Waals surface area contributed by atoms with Crippen LogP contribution in [0.2, 0.25) is 0 Å². The van der Waals surface area contributed by atoms with Gasteiger partial charge in [0.05, 0.1) is 17.6 Å². The molecule has 140 valence electrons. The number of aromatic nitrogens is 2. The first-order valence-electron chi connectivity index (χ1n) is 8.53. The minimum absolute atomic E-state index is 0. The standard InChI is InChI=1S/C18H26N4O.2ClH/c1-13(14-6-5-9-19-11-14)10-18(23)20-12-17-21-15-7-3-4-8-16(15)22(17)2;;/h3-4,7-8,13-14,19H,5-6,9-12H2,1-2H3,(H,20,23);2*1H. The molecule has 1 aromatic heterocycles. The molecule has 2 aromatic rings. The first-order chi connectivity index (χ1) is 11.1. The zero-order chi connectivity index (χ0) is 16.2. The highest BCUT2D eigenvalue weighted by Crippen LogP contribution is 2.22. The molecule has 0 aliphatic carbocycles. The topological polar surface area (TPSA) is 59.0 Å². The normalized spacial score (nSPS) is 18.1. The number of para-hydroxylation sites is 2. The zero-order valence-corrected chi connectivity index (χ0v) is 16.5. The van der Waals surface area contributed by atoms with E-state index in [9.17, 15) is 4.79 Å². The van der Waals surface area contributed by atoms with Crippen LogP contribution in [0.3, 0.4) is 0 Å². The van der Waals surface area contributed by atoms with E-state index in [1.54, 1.807) is 0 Å². The lowest BCUT2D eigenvalue weighted by Crippen LogP contribution is -2.35. The van der Waals surface area contributed by atoms with Gasteiger partial charge in [-0.3, -0.25) is 4.79 Å². The van der Waals surface area contributed by atoms with Crippen LogP contribution in [-0.2, 0) is 18.4 Å². The predicted octanol–water partition coefficient (Wildman–Crippen LogP) is 3.06. The number of hydrogen-bond acceptors (Lipinski definition) is 3. The molecule has 1 aromatic carbocycles. The maximum Gasteiger partial charge on any atom is 0.220 e. The molecule has 1 aliphatic rings. The van der Waals surface area contributed by atoms with E-state index >= 15 is 0 Å². The van der Waals surface area contributed by atoms with E-state index in [2.05, 4.69) is 22.5 Å². The summed E-state index contributed by atoms with van der Waals surface area (Å²) < 4.78 is 2.05. The molecular weight excluding hydrogens is 359 g/mol. The number of benzene rings is 1. The minimum Gasteiger partial charge on any atom is -0.349 e. The molecule has 1 amide bonds.